The molecule has 1 heterocycles. The van der Waals surface area contributed by atoms with Crippen LogP contribution in [0.1, 0.15) is 12.8 Å². The summed E-state index contributed by atoms with van der Waals surface area (Å²) in [7, 11) is 0. The number of primary amides is 1. The van der Waals surface area contributed by atoms with Crippen molar-refractivity contribution in [3.8, 4) is 0 Å². The van der Waals surface area contributed by atoms with Gasteiger partial charge in [0.25, 0.3) is 0 Å². The smallest absolute Gasteiger partial charge is 0.224 e. The van der Waals surface area contributed by atoms with Gasteiger partial charge in [0.05, 0.1) is 11.7 Å². The molecule has 1 aromatic carbocycles. The summed E-state index contributed by atoms with van der Waals surface area (Å²) in [6, 6.07) is 5.41. The van der Waals surface area contributed by atoms with E-state index in [1.807, 2.05) is 6.07 Å². The molecule has 6 nitrogen and oxygen atoms in total. The standard InChI is InChI=1S/C11H12N4O2/c12-10(16)3-4-11(17)14-8-2-1-7-6-13-15-9(7)5-8/h1-2,5-6H,3-4H2,(H2,12,16)(H,13,15)(H,14,17). The van der Waals surface area contributed by atoms with Crippen LogP contribution in [0.15, 0.2) is 24.4 Å². The van der Waals surface area contributed by atoms with Crippen LogP contribution in [0.25, 0.3) is 10.9 Å². The number of carbonyl (C=O) groups is 2. The van der Waals surface area contributed by atoms with Gasteiger partial charge < -0.3 is 11.1 Å². The lowest BCUT2D eigenvalue weighted by molar-refractivity contribution is -0.122. The second-order valence-corrected chi connectivity index (χ2v) is 3.69. The molecule has 6 heteroatoms. The van der Waals surface area contributed by atoms with Crippen LogP contribution in [0.2, 0.25) is 0 Å². The summed E-state index contributed by atoms with van der Waals surface area (Å²) < 4.78 is 0. The molecule has 0 saturated heterocycles. The Kier molecular flexibility index (Phi) is 3.04. The highest BCUT2D eigenvalue weighted by atomic mass is 16.2. The van der Waals surface area contributed by atoms with Crippen LogP contribution in [-0.2, 0) is 9.59 Å². The zero-order valence-electron chi connectivity index (χ0n) is 9.06. The minimum atomic E-state index is -0.482. The van der Waals surface area contributed by atoms with Crippen LogP contribution in [0.4, 0.5) is 5.69 Å². The van der Waals surface area contributed by atoms with Crippen LogP contribution in [0.3, 0.4) is 0 Å². The van der Waals surface area contributed by atoms with Gasteiger partial charge in [-0.3, -0.25) is 14.7 Å². The summed E-state index contributed by atoms with van der Waals surface area (Å²) >= 11 is 0. The third-order valence-corrected chi connectivity index (χ3v) is 2.32. The Bertz CT molecular complexity index is 561. The van der Waals surface area contributed by atoms with Gasteiger partial charge in [0, 0.05) is 23.9 Å². The first-order valence-electron chi connectivity index (χ1n) is 5.16. The van der Waals surface area contributed by atoms with E-state index in [2.05, 4.69) is 15.5 Å². The fourth-order valence-electron chi connectivity index (χ4n) is 1.48. The fourth-order valence-corrected chi connectivity index (χ4v) is 1.48. The highest BCUT2D eigenvalue weighted by Gasteiger charge is 2.05. The number of nitrogens with two attached hydrogens (primary N) is 1. The number of carbonyl (C=O) groups excluding carboxylic acids is 2. The topological polar surface area (TPSA) is 101 Å². The minimum Gasteiger partial charge on any atom is -0.370 e. The van der Waals surface area contributed by atoms with Gasteiger partial charge in [-0.25, -0.2) is 0 Å². The van der Waals surface area contributed by atoms with Crippen molar-refractivity contribution < 1.29 is 9.59 Å². The molecule has 88 valence electrons. The number of hydrogen-bond donors (Lipinski definition) is 3. The molecular formula is C11H12N4O2. The monoisotopic (exact) mass is 232 g/mol. The lowest BCUT2D eigenvalue weighted by Crippen LogP contribution is -2.17. The molecule has 0 saturated carbocycles. The molecule has 2 rings (SSSR count). The zero-order chi connectivity index (χ0) is 12.3. The van der Waals surface area contributed by atoms with Crippen molar-refractivity contribution in [2.75, 3.05) is 5.32 Å². The quantitative estimate of drug-likeness (QED) is 0.725. The molecule has 1 aromatic heterocycles. The molecule has 0 aliphatic carbocycles. The van der Waals surface area contributed by atoms with Crippen molar-refractivity contribution in [2.24, 2.45) is 5.73 Å². The summed E-state index contributed by atoms with van der Waals surface area (Å²) in [5.74, 6) is -0.716. The first kappa shape index (κ1) is 11.1. The molecule has 0 bridgehead atoms. The number of fused-ring (bicyclic) bond motifs is 1. The van der Waals surface area contributed by atoms with Crippen molar-refractivity contribution in [3.63, 3.8) is 0 Å². The number of nitrogens with one attached hydrogen (secondary N) is 2. The van der Waals surface area contributed by atoms with E-state index in [1.165, 1.54) is 0 Å². The van der Waals surface area contributed by atoms with Crippen molar-refractivity contribution >= 4 is 28.4 Å². The van der Waals surface area contributed by atoms with Crippen molar-refractivity contribution in [2.45, 2.75) is 12.8 Å². The highest BCUT2D eigenvalue weighted by Crippen LogP contribution is 2.16. The van der Waals surface area contributed by atoms with E-state index in [0.29, 0.717) is 5.69 Å². The molecule has 0 aliphatic heterocycles. The second-order valence-electron chi connectivity index (χ2n) is 3.69. The van der Waals surface area contributed by atoms with E-state index in [0.717, 1.165) is 10.9 Å². The van der Waals surface area contributed by atoms with Crippen LogP contribution in [0.5, 0.6) is 0 Å². The second kappa shape index (κ2) is 4.65. The summed E-state index contributed by atoms with van der Waals surface area (Å²) in [6.07, 6.45) is 1.85. The Morgan fingerprint density at radius 2 is 2.18 bits per heavy atom. The molecule has 17 heavy (non-hydrogen) atoms. The van der Waals surface area contributed by atoms with E-state index in [9.17, 15) is 9.59 Å². The Balaban J connectivity index is 2.02. The molecule has 0 aliphatic rings. The van der Waals surface area contributed by atoms with Crippen molar-refractivity contribution in [3.05, 3.63) is 24.4 Å². The van der Waals surface area contributed by atoms with Gasteiger partial charge in [0.1, 0.15) is 0 Å². The SMILES string of the molecule is NC(=O)CCC(=O)Nc1ccc2cn[nH]c2c1. The highest BCUT2D eigenvalue weighted by molar-refractivity contribution is 5.95. The maximum absolute atomic E-state index is 11.4. The van der Waals surface area contributed by atoms with Gasteiger partial charge in [-0.1, -0.05) is 0 Å². The van der Waals surface area contributed by atoms with E-state index < -0.39 is 5.91 Å². The summed E-state index contributed by atoms with van der Waals surface area (Å²) in [5.41, 5.74) is 6.47. The molecule has 0 radical (unpaired) electrons. The van der Waals surface area contributed by atoms with Gasteiger partial charge in [-0.15, -0.1) is 0 Å². The molecule has 2 aromatic rings. The van der Waals surface area contributed by atoms with Crippen LogP contribution >= 0.6 is 0 Å². The average molecular weight is 232 g/mol. The predicted molar refractivity (Wildman–Crippen MR) is 63.2 cm³/mol. The van der Waals surface area contributed by atoms with Gasteiger partial charge in [-0.05, 0) is 18.2 Å². The van der Waals surface area contributed by atoms with Gasteiger partial charge in [0.15, 0.2) is 0 Å². The Morgan fingerprint density at radius 3 is 2.94 bits per heavy atom. The van der Waals surface area contributed by atoms with Gasteiger partial charge in [0.2, 0.25) is 11.8 Å². The van der Waals surface area contributed by atoms with Crippen molar-refractivity contribution in [1.82, 2.24) is 10.2 Å². The molecular weight excluding hydrogens is 220 g/mol. The Hall–Kier alpha value is -2.37. The maximum atomic E-state index is 11.4. The third-order valence-electron chi connectivity index (χ3n) is 2.32. The first-order chi connectivity index (χ1) is 8.15. The number of hydrogen-bond acceptors (Lipinski definition) is 3. The van der Waals surface area contributed by atoms with Crippen molar-refractivity contribution in [1.29, 1.82) is 0 Å². The number of amides is 2. The fraction of sp³-hybridized carbons (Fsp3) is 0.182. The molecule has 0 fully saturated rings. The summed E-state index contributed by atoms with van der Waals surface area (Å²) in [4.78, 5) is 22.0. The van der Waals surface area contributed by atoms with Crippen LogP contribution < -0.4 is 11.1 Å². The molecule has 4 N–H and O–H groups in total. The van der Waals surface area contributed by atoms with Crippen LogP contribution in [-0.4, -0.2) is 22.0 Å². The Labute approximate surface area is 97.2 Å². The largest absolute Gasteiger partial charge is 0.370 e. The number of rotatable bonds is 4. The van der Waals surface area contributed by atoms with Gasteiger partial charge >= 0.3 is 0 Å². The predicted octanol–water partition coefficient (Wildman–Crippen LogP) is 0.767. The molecule has 2 amide bonds. The number of anilines is 1. The summed E-state index contributed by atoms with van der Waals surface area (Å²) in [6.45, 7) is 0. The first-order valence-corrected chi connectivity index (χ1v) is 5.16. The number of nitrogens with zero attached hydrogens (tertiary/aromatic N) is 1. The van der Waals surface area contributed by atoms with E-state index in [4.69, 9.17) is 5.73 Å². The lowest BCUT2D eigenvalue weighted by atomic mass is 10.2. The number of aromatic amines is 1. The Morgan fingerprint density at radius 1 is 1.35 bits per heavy atom. The number of benzene rings is 1. The van der Waals surface area contributed by atoms with E-state index in [1.54, 1.807) is 18.3 Å². The third kappa shape index (κ3) is 2.81. The van der Waals surface area contributed by atoms with Crippen LogP contribution in [0, 0.1) is 0 Å². The molecule has 0 atom stereocenters. The minimum absolute atomic E-state index is 0.0537. The normalized spacial score (nSPS) is 10.4. The van der Waals surface area contributed by atoms with E-state index in [-0.39, 0.29) is 18.7 Å². The molecule has 0 unspecified atom stereocenters. The average Bonchev–Trinajstić information content (AvgIpc) is 2.73. The molecule has 0 spiro atoms. The lowest BCUT2D eigenvalue weighted by Gasteiger charge is -2.04. The number of H-pyrrole nitrogens is 1. The number of aromatic nitrogens is 2. The maximum Gasteiger partial charge on any atom is 0.224 e. The van der Waals surface area contributed by atoms with Gasteiger partial charge in [-0.2, -0.15) is 5.10 Å². The summed E-state index contributed by atoms with van der Waals surface area (Å²) in [5, 5.41) is 10.3. The zero-order valence-corrected chi connectivity index (χ0v) is 9.06. The van der Waals surface area contributed by atoms with E-state index >= 15 is 0 Å².